The highest BCUT2D eigenvalue weighted by atomic mass is 35.5. The van der Waals surface area contributed by atoms with E-state index in [0.717, 1.165) is 11.4 Å². The molecule has 0 aliphatic carbocycles. The molecular weight excluding hydrogens is 286 g/mol. The van der Waals surface area contributed by atoms with Crippen molar-refractivity contribution in [3.05, 3.63) is 53.1 Å². The molecule has 0 aliphatic rings. The number of rotatable bonds is 6. The molecule has 0 amide bonds. The fraction of sp³-hybridized carbons (Fsp3) is 0.294. The summed E-state index contributed by atoms with van der Waals surface area (Å²) in [5, 5.41) is 13.6. The average Bonchev–Trinajstić information content (AvgIpc) is 2.45. The topological polar surface area (TPSA) is 41.5 Å². The number of phenols is 1. The summed E-state index contributed by atoms with van der Waals surface area (Å²) in [6, 6.07) is 12.9. The van der Waals surface area contributed by atoms with E-state index in [0.29, 0.717) is 29.7 Å². The molecule has 0 atom stereocenters. The largest absolute Gasteiger partial charge is 0.508 e. The molecule has 0 saturated heterocycles. The van der Waals surface area contributed by atoms with Crippen LogP contribution in [0, 0.1) is 5.92 Å². The molecule has 2 rings (SSSR count). The highest BCUT2D eigenvalue weighted by Gasteiger charge is 2.06. The lowest BCUT2D eigenvalue weighted by atomic mass is 10.2. The van der Waals surface area contributed by atoms with Crippen LogP contribution in [-0.2, 0) is 6.54 Å². The van der Waals surface area contributed by atoms with Gasteiger partial charge in [-0.25, -0.2) is 0 Å². The minimum absolute atomic E-state index is 0.196. The number of phenolic OH excluding ortho intramolecular Hbond substituents is 1. The van der Waals surface area contributed by atoms with Gasteiger partial charge in [0.05, 0.1) is 6.61 Å². The molecule has 3 nitrogen and oxygen atoms in total. The van der Waals surface area contributed by atoms with Crippen molar-refractivity contribution in [3.63, 3.8) is 0 Å². The predicted molar refractivity (Wildman–Crippen MR) is 87.2 cm³/mol. The molecule has 0 heterocycles. The summed E-state index contributed by atoms with van der Waals surface area (Å²) in [5.74, 6) is 1.51. The van der Waals surface area contributed by atoms with Crippen molar-refractivity contribution in [1.29, 1.82) is 0 Å². The predicted octanol–water partition coefficient (Wildman–Crippen LogP) is 4.69. The molecule has 2 aromatic carbocycles. The Morgan fingerprint density at radius 3 is 2.67 bits per heavy atom. The molecule has 0 aromatic heterocycles. The van der Waals surface area contributed by atoms with Crippen molar-refractivity contribution in [3.8, 4) is 11.5 Å². The van der Waals surface area contributed by atoms with E-state index >= 15 is 0 Å². The van der Waals surface area contributed by atoms with Gasteiger partial charge in [0.2, 0.25) is 0 Å². The van der Waals surface area contributed by atoms with Gasteiger partial charge in [-0.2, -0.15) is 0 Å². The van der Waals surface area contributed by atoms with Crippen LogP contribution in [0.3, 0.4) is 0 Å². The molecule has 0 bridgehead atoms. The van der Waals surface area contributed by atoms with Crippen LogP contribution >= 0.6 is 11.6 Å². The summed E-state index contributed by atoms with van der Waals surface area (Å²) in [4.78, 5) is 0. The van der Waals surface area contributed by atoms with Gasteiger partial charge >= 0.3 is 0 Å². The number of hydrogen-bond acceptors (Lipinski definition) is 3. The minimum Gasteiger partial charge on any atom is -0.508 e. The maximum absolute atomic E-state index is 9.82. The first kappa shape index (κ1) is 15.5. The normalized spacial score (nSPS) is 10.7. The van der Waals surface area contributed by atoms with E-state index in [1.54, 1.807) is 18.2 Å². The van der Waals surface area contributed by atoms with Crippen molar-refractivity contribution in [2.75, 3.05) is 11.9 Å². The maximum Gasteiger partial charge on any atom is 0.122 e. The van der Waals surface area contributed by atoms with Crippen LogP contribution in [0.4, 0.5) is 5.69 Å². The summed E-state index contributed by atoms with van der Waals surface area (Å²) in [5.41, 5.74) is 1.61. The Bertz CT molecular complexity index is 579. The molecule has 0 fully saturated rings. The molecule has 21 heavy (non-hydrogen) atoms. The third-order valence-corrected chi connectivity index (χ3v) is 3.33. The molecule has 0 saturated carbocycles. The minimum atomic E-state index is 0.196. The lowest BCUT2D eigenvalue weighted by molar-refractivity contribution is 0.271. The molecule has 0 spiro atoms. The summed E-state index contributed by atoms with van der Waals surface area (Å²) >= 11 is 6.09. The van der Waals surface area contributed by atoms with Crippen LogP contribution in [0.2, 0.25) is 5.02 Å². The van der Waals surface area contributed by atoms with E-state index in [-0.39, 0.29) is 5.75 Å². The average molecular weight is 306 g/mol. The van der Waals surface area contributed by atoms with Gasteiger partial charge in [0.1, 0.15) is 11.5 Å². The molecule has 0 radical (unpaired) electrons. The Labute approximate surface area is 130 Å². The van der Waals surface area contributed by atoms with Crippen LogP contribution in [-0.4, -0.2) is 11.7 Å². The standard InChI is InChI=1S/C17H20ClNO2/c1-12(2)11-21-14-6-3-5-13(9-14)19-10-15-16(18)7-4-8-17(15)20/h3-9,12,19-20H,10-11H2,1-2H3. The van der Waals surface area contributed by atoms with Crippen molar-refractivity contribution >= 4 is 17.3 Å². The van der Waals surface area contributed by atoms with E-state index in [4.69, 9.17) is 16.3 Å². The van der Waals surface area contributed by atoms with Crippen molar-refractivity contribution < 1.29 is 9.84 Å². The first-order valence-electron chi connectivity index (χ1n) is 6.99. The lowest BCUT2D eigenvalue weighted by Gasteiger charge is -2.12. The smallest absolute Gasteiger partial charge is 0.122 e. The summed E-state index contributed by atoms with van der Waals surface area (Å²) in [6.45, 7) is 5.37. The highest BCUT2D eigenvalue weighted by molar-refractivity contribution is 6.31. The van der Waals surface area contributed by atoms with Crippen LogP contribution < -0.4 is 10.1 Å². The Balaban J connectivity index is 2.01. The third kappa shape index (κ3) is 4.57. The van der Waals surface area contributed by atoms with Gasteiger partial charge in [0.15, 0.2) is 0 Å². The van der Waals surface area contributed by atoms with Gasteiger partial charge in [0.25, 0.3) is 0 Å². The summed E-state index contributed by atoms with van der Waals surface area (Å²) in [7, 11) is 0. The number of nitrogens with one attached hydrogen (secondary N) is 1. The maximum atomic E-state index is 9.82. The van der Waals surface area contributed by atoms with Gasteiger partial charge in [-0.1, -0.05) is 37.6 Å². The zero-order chi connectivity index (χ0) is 15.2. The lowest BCUT2D eigenvalue weighted by Crippen LogP contribution is -2.05. The van der Waals surface area contributed by atoms with Gasteiger partial charge in [-0.3, -0.25) is 0 Å². The van der Waals surface area contributed by atoms with E-state index in [1.807, 2.05) is 24.3 Å². The quantitative estimate of drug-likeness (QED) is 0.813. The Morgan fingerprint density at radius 1 is 1.19 bits per heavy atom. The fourth-order valence-corrected chi connectivity index (χ4v) is 2.11. The number of hydrogen-bond donors (Lipinski definition) is 2. The van der Waals surface area contributed by atoms with Gasteiger partial charge in [0, 0.05) is 28.9 Å². The molecule has 2 N–H and O–H groups in total. The van der Waals surface area contributed by atoms with E-state index < -0.39 is 0 Å². The zero-order valence-corrected chi connectivity index (χ0v) is 13.0. The zero-order valence-electron chi connectivity index (χ0n) is 12.3. The Kier molecular flexibility index (Phi) is 5.34. The van der Waals surface area contributed by atoms with Gasteiger partial charge in [-0.15, -0.1) is 0 Å². The first-order valence-corrected chi connectivity index (χ1v) is 7.37. The molecule has 2 aromatic rings. The number of anilines is 1. The van der Waals surface area contributed by atoms with Gasteiger partial charge in [-0.05, 0) is 30.2 Å². The van der Waals surface area contributed by atoms with Crippen LogP contribution in [0.15, 0.2) is 42.5 Å². The Hall–Kier alpha value is -1.87. The molecule has 4 heteroatoms. The SMILES string of the molecule is CC(C)COc1cccc(NCc2c(O)cccc2Cl)c1. The van der Waals surface area contributed by atoms with Crippen molar-refractivity contribution in [1.82, 2.24) is 0 Å². The number of aromatic hydroxyl groups is 1. The van der Waals surface area contributed by atoms with Crippen LogP contribution in [0.1, 0.15) is 19.4 Å². The Morgan fingerprint density at radius 2 is 1.95 bits per heavy atom. The first-order chi connectivity index (χ1) is 10.1. The van der Waals surface area contributed by atoms with Crippen LogP contribution in [0.5, 0.6) is 11.5 Å². The van der Waals surface area contributed by atoms with Crippen molar-refractivity contribution in [2.45, 2.75) is 20.4 Å². The second-order valence-electron chi connectivity index (χ2n) is 5.32. The number of benzene rings is 2. The summed E-state index contributed by atoms with van der Waals surface area (Å²) in [6.07, 6.45) is 0. The van der Waals surface area contributed by atoms with Crippen molar-refractivity contribution in [2.24, 2.45) is 5.92 Å². The second-order valence-corrected chi connectivity index (χ2v) is 5.73. The monoisotopic (exact) mass is 305 g/mol. The van der Waals surface area contributed by atoms with E-state index in [9.17, 15) is 5.11 Å². The van der Waals surface area contributed by atoms with Crippen LogP contribution in [0.25, 0.3) is 0 Å². The fourth-order valence-electron chi connectivity index (χ4n) is 1.87. The molecule has 112 valence electrons. The molecular formula is C17H20ClNO2. The second kappa shape index (κ2) is 7.23. The number of ether oxygens (including phenoxy) is 1. The van der Waals surface area contributed by atoms with Gasteiger partial charge < -0.3 is 15.2 Å². The molecule has 0 aliphatic heterocycles. The summed E-state index contributed by atoms with van der Waals surface area (Å²) < 4.78 is 5.69. The van der Waals surface area contributed by atoms with E-state index in [1.165, 1.54) is 0 Å². The number of halogens is 1. The third-order valence-electron chi connectivity index (χ3n) is 2.98. The molecule has 0 unspecified atom stereocenters. The highest BCUT2D eigenvalue weighted by Crippen LogP contribution is 2.26. The van der Waals surface area contributed by atoms with E-state index in [2.05, 4.69) is 19.2 Å².